The van der Waals surface area contributed by atoms with E-state index in [-0.39, 0.29) is 10.7 Å². The summed E-state index contributed by atoms with van der Waals surface area (Å²) in [6.07, 6.45) is 5.40. The minimum atomic E-state index is 0.0535. The second kappa shape index (κ2) is 7.25. The van der Waals surface area contributed by atoms with Crippen molar-refractivity contribution >= 4 is 17.7 Å². The molecule has 1 aromatic heterocycles. The number of aromatic nitrogens is 1. The van der Waals surface area contributed by atoms with Gasteiger partial charge in [-0.05, 0) is 43.7 Å². The van der Waals surface area contributed by atoms with Gasteiger partial charge < -0.3 is 14.4 Å². The van der Waals surface area contributed by atoms with E-state index in [1.165, 1.54) is 0 Å². The number of rotatable bonds is 4. The smallest absolute Gasteiger partial charge is 0.272 e. The molecule has 0 radical (unpaired) electrons. The highest BCUT2D eigenvalue weighted by Crippen LogP contribution is 2.46. The van der Waals surface area contributed by atoms with E-state index in [4.69, 9.17) is 9.47 Å². The molecule has 5 nitrogen and oxygen atoms in total. The zero-order valence-corrected chi connectivity index (χ0v) is 15.6. The molecule has 1 spiro atoms. The fourth-order valence-corrected chi connectivity index (χ4v) is 5.42. The Kier molecular flexibility index (Phi) is 5.02. The number of hydrogen-bond donors (Lipinski definition) is 0. The molecule has 3 aliphatic heterocycles. The van der Waals surface area contributed by atoms with E-state index in [1.807, 2.05) is 35.7 Å². The highest BCUT2D eigenvalue weighted by atomic mass is 32.2. The van der Waals surface area contributed by atoms with E-state index in [2.05, 4.69) is 4.98 Å². The van der Waals surface area contributed by atoms with Crippen LogP contribution >= 0.6 is 11.8 Å². The third-order valence-corrected chi connectivity index (χ3v) is 7.04. The summed E-state index contributed by atoms with van der Waals surface area (Å²) in [5.41, 5.74) is 1.63. The van der Waals surface area contributed by atoms with Gasteiger partial charge in [0.05, 0.1) is 10.9 Å². The number of ether oxygens (including phenoxy) is 2. The van der Waals surface area contributed by atoms with Crippen molar-refractivity contribution < 1.29 is 14.3 Å². The molecule has 4 rings (SSSR count). The number of hydrogen-bond acceptors (Lipinski definition) is 5. The van der Waals surface area contributed by atoms with Crippen molar-refractivity contribution in [2.24, 2.45) is 5.92 Å². The molecule has 0 bridgehead atoms. The van der Waals surface area contributed by atoms with E-state index < -0.39 is 0 Å². The Morgan fingerprint density at radius 3 is 2.92 bits per heavy atom. The maximum absolute atomic E-state index is 12.5. The number of carbonyl (C=O) groups excluding carboxylic acids is 1. The van der Waals surface area contributed by atoms with Gasteiger partial charge in [-0.2, -0.15) is 0 Å². The number of aryl methyl sites for hydroxylation is 1. The van der Waals surface area contributed by atoms with Gasteiger partial charge in [0, 0.05) is 44.9 Å². The number of thioether (sulfide) groups is 1. The van der Waals surface area contributed by atoms with Crippen molar-refractivity contribution in [2.45, 2.75) is 37.0 Å². The van der Waals surface area contributed by atoms with Crippen LogP contribution in [-0.2, 0) is 9.47 Å². The lowest BCUT2D eigenvalue weighted by Gasteiger charge is -2.47. The molecule has 4 heterocycles. The van der Waals surface area contributed by atoms with Gasteiger partial charge in [-0.25, -0.2) is 0 Å². The largest absolute Gasteiger partial charge is 0.381 e. The minimum Gasteiger partial charge on any atom is -0.381 e. The number of nitrogens with zero attached hydrogens (tertiary/aromatic N) is 2. The van der Waals surface area contributed by atoms with Gasteiger partial charge in [-0.15, -0.1) is 11.8 Å². The molecule has 25 heavy (non-hydrogen) atoms. The predicted molar refractivity (Wildman–Crippen MR) is 98.0 cm³/mol. The van der Waals surface area contributed by atoms with Gasteiger partial charge in [0.1, 0.15) is 5.69 Å². The molecule has 136 valence electrons. The van der Waals surface area contributed by atoms with Crippen LogP contribution in [-0.4, -0.2) is 65.3 Å². The van der Waals surface area contributed by atoms with Crippen LogP contribution < -0.4 is 0 Å². The van der Waals surface area contributed by atoms with Crippen molar-refractivity contribution in [3.8, 4) is 0 Å². The number of carbonyl (C=O) groups is 1. The van der Waals surface area contributed by atoms with Crippen molar-refractivity contribution in [3.63, 3.8) is 0 Å². The van der Waals surface area contributed by atoms with Gasteiger partial charge in [-0.3, -0.25) is 9.78 Å². The molecule has 0 saturated carbocycles. The maximum Gasteiger partial charge on any atom is 0.272 e. The summed E-state index contributed by atoms with van der Waals surface area (Å²) in [4.78, 5) is 18.7. The molecule has 0 aliphatic carbocycles. The second-order valence-corrected chi connectivity index (χ2v) is 9.08. The van der Waals surface area contributed by atoms with Crippen LogP contribution in [0.25, 0.3) is 0 Å². The van der Waals surface area contributed by atoms with Crippen LogP contribution in [0.2, 0.25) is 0 Å². The third-order valence-electron chi connectivity index (χ3n) is 5.46. The van der Waals surface area contributed by atoms with Gasteiger partial charge in [0.2, 0.25) is 0 Å². The molecule has 0 N–H and O–H groups in total. The quantitative estimate of drug-likeness (QED) is 0.824. The summed E-state index contributed by atoms with van der Waals surface area (Å²) in [5.74, 6) is 1.76. The van der Waals surface area contributed by atoms with Crippen LogP contribution in [0.5, 0.6) is 0 Å². The maximum atomic E-state index is 12.5. The zero-order valence-electron chi connectivity index (χ0n) is 14.8. The third kappa shape index (κ3) is 3.86. The van der Waals surface area contributed by atoms with Crippen molar-refractivity contribution in [2.75, 3.05) is 38.7 Å². The number of likely N-dealkylation sites (tertiary alicyclic amines) is 1. The monoisotopic (exact) mass is 362 g/mol. The Morgan fingerprint density at radius 2 is 2.20 bits per heavy atom. The Morgan fingerprint density at radius 1 is 1.40 bits per heavy atom. The van der Waals surface area contributed by atoms with E-state index in [0.29, 0.717) is 17.7 Å². The summed E-state index contributed by atoms with van der Waals surface area (Å²) in [7, 11) is 0. The topological polar surface area (TPSA) is 51.7 Å². The fourth-order valence-electron chi connectivity index (χ4n) is 3.86. The molecule has 1 aromatic rings. The molecule has 3 fully saturated rings. The Bertz CT molecular complexity index is 610. The van der Waals surface area contributed by atoms with Crippen LogP contribution in [0.3, 0.4) is 0 Å². The lowest BCUT2D eigenvalue weighted by molar-refractivity contribution is -0.0119. The first-order chi connectivity index (χ1) is 12.1. The zero-order chi connectivity index (χ0) is 17.3. The first-order valence-corrected chi connectivity index (χ1v) is 10.2. The van der Waals surface area contributed by atoms with Crippen LogP contribution in [0, 0.1) is 12.8 Å². The first-order valence-electron chi connectivity index (χ1n) is 9.19. The highest BCUT2D eigenvalue weighted by Gasteiger charge is 2.51. The van der Waals surface area contributed by atoms with Gasteiger partial charge in [0.15, 0.2) is 0 Å². The van der Waals surface area contributed by atoms with Gasteiger partial charge >= 0.3 is 0 Å². The normalized spacial score (nSPS) is 26.0. The Hall–Kier alpha value is -1.11. The summed E-state index contributed by atoms with van der Waals surface area (Å²) < 4.78 is 11.8. The predicted octanol–water partition coefficient (Wildman–Crippen LogP) is 2.53. The van der Waals surface area contributed by atoms with E-state index >= 15 is 0 Å². The van der Waals surface area contributed by atoms with Crippen LogP contribution in [0.15, 0.2) is 18.3 Å². The summed E-state index contributed by atoms with van der Waals surface area (Å²) in [5, 5.41) is 0. The van der Waals surface area contributed by atoms with E-state index in [9.17, 15) is 4.79 Å². The highest BCUT2D eigenvalue weighted by molar-refractivity contribution is 8.01. The lowest BCUT2D eigenvalue weighted by Crippen LogP contribution is -2.60. The molecule has 0 aromatic carbocycles. The number of amides is 1. The van der Waals surface area contributed by atoms with Crippen LogP contribution in [0.1, 0.15) is 35.3 Å². The summed E-state index contributed by atoms with van der Waals surface area (Å²) in [6, 6.07) is 3.77. The molecule has 3 saturated heterocycles. The average Bonchev–Trinajstić information content (AvgIpc) is 3.04. The minimum absolute atomic E-state index is 0.0535. The molecule has 3 aliphatic rings. The fraction of sp³-hybridized carbons (Fsp3) is 0.684. The SMILES string of the molecule is Cc1ccc(C(=O)N2CC3(C[C@H](OCC4CCOCC4)CS3)C2)nc1. The van der Waals surface area contributed by atoms with Crippen molar-refractivity contribution in [1.82, 2.24) is 9.88 Å². The van der Waals surface area contributed by atoms with E-state index in [1.54, 1.807) is 6.20 Å². The molecule has 0 unspecified atom stereocenters. The van der Waals surface area contributed by atoms with Crippen LogP contribution in [0.4, 0.5) is 0 Å². The average molecular weight is 362 g/mol. The molecular formula is C19H26N2O3S. The van der Waals surface area contributed by atoms with Gasteiger partial charge in [-0.1, -0.05) is 6.07 Å². The molecular weight excluding hydrogens is 336 g/mol. The lowest BCUT2D eigenvalue weighted by atomic mass is 9.92. The Balaban J connectivity index is 1.24. The molecule has 6 heteroatoms. The van der Waals surface area contributed by atoms with E-state index in [0.717, 1.165) is 63.5 Å². The molecule has 1 amide bonds. The summed E-state index contributed by atoms with van der Waals surface area (Å²) >= 11 is 1.98. The molecule has 1 atom stereocenters. The number of pyridine rings is 1. The summed E-state index contributed by atoms with van der Waals surface area (Å²) in [6.45, 7) is 6.24. The second-order valence-electron chi connectivity index (χ2n) is 7.59. The Labute approximate surface area is 153 Å². The van der Waals surface area contributed by atoms with Crippen molar-refractivity contribution in [3.05, 3.63) is 29.6 Å². The first kappa shape index (κ1) is 17.3. The standard InChI is InChI=1S/C19H26N2O3S/c1-14-2-3-17(20-9-14)18(22)21-12-19(13-21)8-16(11-25-19)24-10-15-4-6-23-7-5-15/h2-3,9,15-16H,4-8,10-13H2,1H3/t16-/m0/s1. The van der Waals surface area contributed by atoms with Crippen molar-refractivity contribution in [1.29, 1.82) is 0 Å². The van der Waals surface area contributed by atoms with Gasteiger partial charge in [0.25, 0.3) is 5.91 Å².